The Kier molecular flexibility index (Phi) is 7.13. The molecule has 5 rings (SSSR count). The van der Waals surface area contributed by atoms with Gasteiger partial charge in [-0.15, -0.1) is 0 Å². The Labute approximate surface area is 216 Å². The molecule has 3 heterocycles. The van der Waals surface area contributed by atoms with Gasteiger partial charge in [0.15, 0.2) is 16.7 Å². The molecule has 2 aromatic carbocycles. The maximum Gasteiger partial charge on any atom is 0.271 e. The fraction of sp³-hybridized carbons (Fsp3) is 0.240. The maximum absolute atomic E-state index is 14.4. The predicted molar refractivity (Wildman–Crippen MR) is 135 cm³/mol. The fourth-order valence-electron chi connectivity index (χ4n) is 4.03. The zero-order valence-electron chi connectivity index (χ0n) is 19.4. The van der Waals surface area contributed by atoms with Gasteiger partial charge in [-0.2, -0.15) is 4.31 Å². The first-order chi connectivity index (χ1) is 17.8. The van der Waals surface area contributed by atoms with Crippen molar-refractivity contribution in [2.24, 2.45) is 0 Å². The lowest BCUT2D eigenvalue weighted by Gasteiger charge is -2.26. The van der Waals surface area contributed by atoms with Crippen LogP contribution >= 0.6 is 11.3 Å². The van der Waals surface area contributed by atoms with E-state index < -0.39 is 33.7 Å². The second-order valence-corrected chi connectivity index (χ2v) is 11.4. The number of pyridine rings is 1. The molecule has 0 spiro atoms. The third-order valence-corrected chi connectivity index (χ3v) is 8.72. The summed E-state index contributed by atoms with van der Waals surface area (Å²) in [5.74, 6) is -2.78. The number of nitrogens with one attached hydrogen (secondary N) is 1. The molecule has 0 aliphatic carbocycles. The van der Waals surface area contributed by atoms with E-state index in [4.69, 9.17) is 4.74 Å². The van der Waals surface area contributed by atoms with Crippen LogP contribution in [0.25, 0.3) is 10.3 Å². The largest absolute Gasteiger partial charge is 0.473 e. The van der Waals surface area contributed by atoms with Crippen LogP contribution in [-0.2, 0) is 14.8 Å². The van der Waals surface area contributed by atoms with Gasteiger partial charge in [0.1, 0.15) is 16.2 Å². The van der Waals surface area contributed by atoms with Crippen LogP contribution in [0.4, 0.5) is 13.9 Å². The van der Waals surface area contributed by atoms with Crippen molar-refractivity contribution in [2.75, 3.05) is 18.4 Å². The zero-order chi connectivity index (χ0) is 26.0. The minimum atomic E-state index is -3.68. The molecule has 1 N–H and O–H groups in total. The average molecular weight is 545 g/mol. The minimum Gasteiger partial charge on any atom is -0.473 e. The smallest absolute Gasteiger partial charge is 0.271 e. The van der Waals surface area contributed by atoms with E-state index in [-0.39, 0.29) is 21.3 Å². The van der Waals surface area contributed by atoms with E-state index in [2.05, 4.69) is 15.3 Å². The van der Waals surface area contributed by atoms with Crippen molar-refractivity contribution in [3.05, 3.63) is 78.0 Å². The standard InChI is InChI=1S/C25H22F2N4O4S2/c26-17-8-11-21(19(27)15-17)35-22(23(32)30-25-29-20-5-4-12-28-24(20)36-25)16-6-9-18(10-7-16)37(33,34)31-13-2-1-3-14-31/h4-12,15,22H,1-3,13-14H2,(H,29,30,32). The number of anilines is 1. The lowest BCUT2D eigenvalue weighted by Crippen LogP contribution is -2.35. The Hall–Kier alpha value is -3.48. The summed E-state index contributed by atoms with van der Waals surface area (Å²) in [7, 11) is -3.68. The van der Waals surface area contributed by atoms with Gasteiger partial charge in [-0.05, 0) is 49.2 Å². The molecule has 8 nitrogen and oxygen atoms in total. The summed E-state index contributed by atoms with van der Waals surface area (Å²) in [6.07, 6.45) is 2.82. The second-order valence-electron chi connectivity index (χ2n) is 8.44. The van der Waals surface area contributed by atoms with Gasteiger partial charge in [0, 0.05) is 30.9 Å². The highest BCUT2D eigenvalue weighted by molar-refractivity contribution is 7.89. The number of halogens is 2. The Balaban J connectivity index is 1.44. The first-order valence-corrected chi connectivity index (χ1v) is 13.8. The quantitative estimate of drug-likeness (QED) is 0.355. The Morgan fingerprint density at radius 2 is 1.81 bits per heavy atom. The van der Waals surface area contributed by atoms with Crippen molar-refractivity contribution in [3.8, 4) is 5.75 Å². The summed E-state index contributed by atoms with van der Waals surface area (Å²) < 4.78 is 61.0. The molecule has 12 heteroatoms. The maximum atomic E-state index is 14.4. The summed E-state index contributed by atoms with van der Waals surface area (Å²) in [4.78, 5) is 22.5. The zero-order valence-corrected chi connectivity index (χ0v) is 21.1. The first-order valence-electron chi connectivity index (χ1n) is 11.6. The number of thiazole rings is 1. The third-order valence-electron chi connectivity index (χ3n) is 5.91. The molecule has 2 aromatic heterocycles. The van der Waals surface area contributed by atoms with Crippen molar-refractivity contribution in [1.82, 2.24) is 14.3 Å². The number of benzene rings is 2. The van der Waals surface area contributed by atoms with Crippen LogP contribution in [0.1, 0.15) is 30.9 Å². The van der Waals surface area contributed by atoms with Crippen LogP contribution in [0, 0.1) is 11.6 Å². The van der Waals surface area contributed by atoms with Crippen molar-refractivity contribution >= 4 is 42.7 Å². The summed E-state index contributed by atoms with van der Waals surface area (Å²) in [5, 5.41) is 2.92. The summed E-state index contributed by atoms with van der Waals surface area (Å²) in [5.41, 5.74) is 0.871. The molecule has 1 unspecified atom stereocenters. The number of sulfonamides is 1. The van der Waals surface area contributed by atoms with E-state index in [1.165, 1.54) is 28.6 Å². The van der Waals surface area contributed by atoms with Gasteiger partial charge >= 0.3 is 0 Å². The predicted octanol–water partition coefficient (Wildman–Crippen LogP) is 4.90. The molecule has 37 heavy (non-hydrogen) atoms. The Bertz CT molecular complexity index is 1510. The fourth-order valence-corrected chi connectivity index (χ4v) is 6.36. The number of fused-ring (bicyclic) bond motifs is 1. The van der Waals surface area contributed by atoms with Crippen LogP contribution in [0.5, 0.6) is 5.75 Å². The summed E-state index contributed by atoms with van der Waals surface area (Å²) in [6, 6.07) is 11.9. The number of hydrogen-bond donors (Lipinski definition) is 1. The van der Waals surface area contributed by atoms with E-state index >= 15 is 0 Å². The van der Waals surface area contributed by atoms with Gasteiger partial charge in [-0.25, -0.2) is 27.2 Å². The first kappa shape index (κ1) is 25.2. The highest BCUT2D eigenvalue weighted by Crippen LogP contribution is 2.30. The number of amides is 1. The lowest BCUT2D eigenvalue weighted by atomic mass is 10.1. The molecule has 4 aromatic rings. The number of ether oxygens (including phenoxy) is 1. The topological polar surface area (TPSA) is 101 Å². The van der Waals surface area contributed by atoms with Crippen LogP contribution in [0.2, 0.25) is 0 Å². The number of carbonyl (C=O) groups excluding carboxylic acids is 1. The Morgan fingerprint density at radius 3 is 2.51 bits per heavy atom. The highest BCUT2D eigenvalue weighted by atomic mass is 32.2. The summed E-state index contributed by atoms with van der Waals surface area (Å²) in [6.45, 7) is 0.915. The molecule has 1 fully saturated rings. The molecule has 1 aliphatic rings. The Morgan fingerprint density at radius 1 is 1.05 bits per heavy atom. The molecule has 1 amide bonds. The normalized spacial score (nSPS) is 15.4. The molecule has 0 radical (unpaired) electrons. The van der Waals surface area contributed by atoms with E-state index in [1.54, 1.807) is 18.3 Å². The molecular formula is C25H22F2N4O4S2. The molecule has 192 valence electrons. The lowest BCUT2D eigenvalue weighted by molar-refractivity contribution is -0.123. The number of aromatic nitrogens is 2. The van der Waals surface area contributed by atoms with Crippen molar-refractivity contribution in [1.29, 1.82) is 0 Å². The minimum absolute atomic E-state index is 0.0857. The number of piperidine rings is 1. The molecule has 0 saturated carbocycles. The van der Waals surface area contributed by atoms with E-state index in [0.29, 0.717) is 29.5 Å². The molecular weight excluding hydrogens is 522 g/mol. The van der Waals surface area contributed by atoms with Crippen LogP contribution < -0.4 is 10.1 Å². The summed E-state index contributed by atoms with van der Waals surface area (Å²) >= 11 is 1.15. The molecule has 1 aliphatic heterocycles. The van der Waals surface area contributed by atoms with Crippen LogP contribution in [-0.4, -0.2) is 41.7 Å². The van der Waals surface area contributed by atoms with Crippen molar-refractivity contribution in [2.45, 2.75) is 30.3 Å². The number of hydrogen-bond acceptors (Lipinski definition) is 7. The van der Waals surface area contributed by atoms with Crippen molar-refractivity contribution in [3.63, 3.8) is 0 Å². The van der Waals surface area contributed by atoms with Crippen LogP contribution in [0.3, 0.4) is 0 Å². The van der Waals surface area contributed by atoms with Gasteiger partial charge in [0.25, 0.3) is 5.91 Å². The number of nitrogens with zero attached hydrogens (tertiary/aromatic N) is 3. The van der Waals surface area contributed by atoms with Gasteiger partial charge in [0.05, 0.1) is 4.90 Å². The monoisotopic (exact) mass is 544 g/mol. The van der Waals surface area contributed by atoms with Gasteiger partial charge in [-0.3, -0.25) is 10.1 Å². The third kappa shape index (κ3) is 5.45. The SMILES string of the molecule is O=C(Nc1nc2cccnc2s1)C(Oc1ccc(F)cc1F)c1ccc(S(=O)(=O)N2CCCCC2)cc1. The second kappa shape index (κ2) is 10.5. The number of rotatable bonds is 7. The van der Waals surface area contributed by atoms with Gasteiger partial charge < -0.3 is 4.74 Å². The number of carbonyl (C=O) groups is 1. The van der Waals surface area contributed by atoms with Gasteiger partial charge in [-0.1, -0.05) is 29.9 Å². The van der Waals surface area contributed by atoms with E-state index in [9.17, 15) is 22.0 Å². The molecule has 1 atom stereocenters. The highest BCUT2D eigenvalue weighted by Gasteiger charge is 2.29. The average Bonchev–Trinajstić information content (AvgIpc) is 3.31. The molecule has 1 saturated heterocycles. The van der Waals surface area contributed by atoms with Gasteiger partial charge in [0.2, 0.25) is 16.1 Å². The van der Waals surface area contributed by atoms with E-state index in [0.717, 1.165) is 42.7 Å². The van der Waals surface area contributed by atoms with E-state index in [1.807, 2.05) is 0 Å². The molecule has 0 bridgehead atoms. The van der Waals surface area contributed by atoms with Crippen molar-refractivity contribution < 1.29 is 26.7 Å². The van der Waals surface area contributed by atoms with Crippen LogP contribution in [0.15, 0.2) is 65.7 Å².